The van der Waals surface area contributed by atoms with Gasteiger partial charge in [-0.25, -0.2) is 0 Å². The molecule has 1 atom stereocenters. The maximum atomic E-state index is 9.07. The standard InChI is InChI=1S/C14H17NO6/c1-17-11-4-8(3-10-5-9(6-16)15-21-10)12(18-2)14-13(11)19-7-20-14/h4,10,16H,3,5-7H2,1-2H3. The molecule has 21 heavy (non-hydrogen) atoms. The van der Waals surface area contributed by atoms with Gasteiger partial charge in [0.05, 0.1) is 26.5 Å². The summed E-state index contributed by atoms with van der Waals surface area (Å²) >= 11 is 0. The van der Waals surface area contributed by atoms with Gasteiger partial charge in [0, 0.05) is 18.4 Å². The smallest absolute Gasteiger partial charge is 0.231 e. The van der Waals surface area contributed by atoms with Crippen molar-refractivity contribution in [3.63, 3.8) is 0 Å². The van der Waals surface area contributed by atoms with E-state index in [1.807, 2.05) is 6.07 Å². The minimum atomic E-state index is -0.133. The van der Waals surface area contributed by atoms with Crippen LogP contribution < -0.4 is 18.9 Å². The van der Waals surface area contributed by atoms with Crippen LogP contribution in [-0.2, 0) is 11.3 Å². The Morgan fingerprint density at radius 3 is 2.76 bits per heavy atom. The first-order valence-corrected chi connectivity index (χ1v) is 6.62. The lowest BCUT2D eigenvalue weighted by Crippen LogP contribution is -2.13. The van der Waals surface area contributed by atoms with Crippen molar-refractivity contribution >= 4 is 5.71 Å². The van der Waals surface area contributed by atoms with Crippen molar-refractivity contribution < 1.29 is 28.9 Å². The molecule has 0 saturated carbocycles. The third-order valence-electron chi connectivity index (χ3n) is 3.49. The van der Waals surface area contributed by atoms with Crippen molar-refractivity contribution in [2.45, 2.75) is 18.9 Å². The Hall–Kier alpha value is -2.15. The zero-order chi connectivity index (χ0) is 14.8. The second-order valence-electron chi connectivity index (χ2n) is 4.79. The maximum Gasteiger partial charge on any atom is 0.231 e. The SMILES string of the molecule is COc1cc(CC2CC(CO)=NO2)c(OC)c2c1OCO2. The minimum Gasteiger partial charge on any atom is -0.493 e. The topological polar surface area (TPSA) is 78.7 Å². The highest BCUT2D eigenvalue weighted by molar-refractivity contribution is 5.86. The zero-order valence-electron chi connectivity index (χ0n) is 11.9. The maximum absolute atomic E-state index is 9.07. The Morgan fingerprint density at radius 1 is 1.29 bits per heavy atom. The number of fused-ring (bicyclic) bond motifs is 1. The van der Waals surface area contributed by atoms with Gasteiger partial charge in [-0.05, 0) is 6.07 Å². The van der Waals surface area contributed by atoms with Gasteiger partial charge in [0.2, 0.25) is 18.3 Å². The van der Waals surface area contributed by atoms with Gasteiger partial charge < -0.3 is 28.9 Å². The van der Waals surface area contributed by atoms with Crippen LogP contribution in [0.4, 0.5) is 0 Å². The molecule has 0 spiro atoms. The summed E-state index contributed by atoms with van der Waals surface area (Å²) in [6.45, 7) is 0.0568. The molecule has 1 aromatic carbocycles. The predicted octanol–water partition coefficient (Wildman–Crippen LogP) is 1.11. The van der Waals surface area contributed by atoms with Crippen molar-refractivity contribution in [2.24, 2.45) is 5.16 Å². The summed E-state index contributed by atoms with van der Waals surface area (Å²) in [6.07, 6.45) is 1.03. The molecule has 7 nitrogen and oxygen atoms in total. The van der Waals surface area contributed by atoms with Crippen LogP contribution in [0.5, 0.6) is 23.0 Å². The van der Waals surface area contributed by atoms with Crippen LogP contribution in [0.1, 0.15) is 12.0 Å². The molecule has 0 aromatic heterocycles. The molecule has 114 valence electrons. The summed E-state index contributed by atoms with van der Waals surface area (Å²) < 4.78 is 21.7. The summed E-state index contributed by atoms with van der Waals surface area (Å²) in [6, 6.07) is 1.85. The first-order valence-electron chi connectivity index (χ1n) is 6.62. The predicted molar refractivity (Wildman–Crippen MR) is 73.4 cm³/mol. The van der Waals surface area contributed by atoms with Crippen LogP contribution in [0.25, 0.3) is 0 Å². The van der Waals surface area contributed by atoms with Gasteiger partial charge in [-0.2, -0.15) is 0 Å². The third kappa shape index (κ3) is 2.44. The van der Waals surface area contributed by atoms with Crippen molar-refractivity contribution in [1.29, 1.82) is 0 Å². The number of nitrogens with zero attached hydrogens (tertiary/aromatic N) is 1. The van der Waals surface area contributed by atoms with Gasteiger partial charge in [-0.1, -0.05) is 5.16 Å². The number of aliphatic hydroxyl groups excluding tert-OH is 1. The average molecular weight is 295 g/mol. The van der Waals surface area contributed by atoms with E-state index in [0.717, 1.165) is 5.56 Å². The fourth-order valence-electron chi connectivity index (χ4n) is 2.53. The van der Waals surface area contributed by atoms with Crippen LogP contribution in [0.15, 0.2) is 11.2 Å². The van der Waals surface area contributed by atoms with E-state index in [9.17, 15) is 0 Å². The number of aliphatic hydroxyl groups is 1. The molecule has 0 saturated heterocycles. The summed E-state index contributed by atoms with van der Waals surface area (Å²) in [5, 5.41) is 12.9. The number of methoxy groups -OCH3 is 2. The average Bonchev–Trinajstić information content (AvgIpc) is 3.15. The normalized spacial score (nSPS) is 19.2. The Kier molecular flexibility index (Phi) is 3.74. The van der Waals surface area contributed by atoms with Crippen molar-refractivity contribution in [2.75, 3.05) is 27.6 Å². The van der Waals surface area contributed by atoms with Crippen LogP contribution in [-0.4, -0.2) is 44.5 Å². The highest BCUT2D eigenvalue weighted by Crippen LogP contribution is 2.49. The number of oxime groups is 1. The molecule has 1 unspecified atom stereocenters. The van der Waals surface area contributed by atoms with E-state index >= 15 is 0 Å². The summed E-state index contributed by atoms with van der Waals surface area (Å²) in [5.41, 5.74) is 1.53. The lowest BCUT2D eigenvalue weighted by atomic mass is 10.0. The van der Waals surface area contributed by atoms with Gasteiger partial charge >= 0.3 is 0 Å². The quantitative estimate of drug-likeness (QED) is 0.876. The highest BCUT2D eigenvalue weighted by atomic mass is 16.7. The number of hydrogen-bond donors (Lipinski definition) is 1. The van der Waals surface area contributed by atoms with E-state index < -0.39 is 0 Å². The number of benzene rings is 1. The zero-order valence-corrected chi connectivity index (χ0v) is 11.9. The van der Waals surface area contributed by atoms with Crippen molar-refractivity contribution in [3.8, 4) is 23.0 Å². The minimum absolute atomic E-state index is 0.0852. The first-order chi connectivity index (χ1) is 10.3. The molecule has 1 N–H and O–H groups in total. The van der Waals surface area contributed by atoms with E-state index in [1.54, 1.807) is 14.2 Å². The van der Waals surface area contributed by atoms with Gasteiger partial charge in [0.25, 0.3) is 0 Å². The monoisotopic (exact) mass is 295 g/mol. The second kappa shape index (κ2) is 5.69. The third-order valence-corrected chi connectivity index (χ3v) is 3.49. The summed E-state index contributed by atoms with van der Waals surface area (Å²) in [4.78, 5) is 5.31. The van der Waals surface area contributed by atoms with Gasteiger partial charge in [-0.3, -0.25) is 0 Å². The lowest BCUT2D eigenvalue weighted by Gasteiger charge is -2.15. The van der Waals surface area contributed by atoms with Crippen LogP contribution in [0, 0.1) is 0 Å². The lowest BCUT2D eigenvalue weighted by molar-refractivity contribution is 0.0852. The summed E-state index contributed by atoms with van der Waals surface area (Å²) in [7, 11) is 3.16. The molecule has 2 aliphatic heterocycles. The van der Waals surface area contributed by atoms with Crippen molar-refractivity contribution in [3.05, 3.63) is 11.6 Å². The molecule has 3 rings (SSSR count). The largest absolute Gasteiger partial charge is 0.493 e. The molecular weight excluding hydrogens is 278 g/mol. The van der Waals surface area contributed by atoms with Crippen LogP contribution >= 0.6 is 0 Å². The molecule has 0 fully saturated rings. The van der Waals surface area contributed by atoms with E-state index in [2.05, 4.69) is 5.16 Å². The van der Waals surface area contributed by atoms with Gasteiger partial charge in [0.1, 0.15) is 6.10 Å². The molecule has 2 heterocycles. The molecule has 0 bridgehead atoms. The molecule has 2 aliphatic rings. The number of hydrogen-bond acceptors (Lipinski definition) is 7. The van der Waals surface area contributed by atoms with E-state index in [1.165, 1.54) is 0 Å². The summed E-state index contributed by atoms with van der Waals surface area (Å²) in [5.74, 6) is 2.31. The van der Waals surface area contributed by atoms with Gasteiger partial charge in [-0.15, -0.1) is 0 Å². The van der Waals surface area contributed by atoms with E-state index in [-0.39, 0.29) is 19.5 Å². The second-order valence-corrected chi connectivity index (χ2v) is 4.79. The molecular formula is C14H17NO6. The van der Waals surface area contributed by atoms with Gasteiger partial charge in [0.15, 0.2) is 11.5 Å². The fraction of sp³-hybridized carbons (Fsp3) is 0.500. The first kappa shape index (κ1) is 13.8. The fourth-order valence-corrected chi connectivity index (χ4v) is 2.53. The number of ether oxygens (including phenoxy) is 4. The molecule has 0 aliphatic carbocycles. The molecule has 0 radical (unpaired) electrons. The highest BCUT2D eigenvalue weighted by Gasteiger charge is 2.29. The Labute approximate surface area is 122 Å². The van der Waals surface area contributed by atoms with E-state index in [0.29, 0.717) is 41.6 Å². The Bertz CT molecular complexity index is 571. The van der Waals surface area contributed by atoms with Crippen molar-refractivity contribution in [1.82, 2.24) is 0 Å². The molecule has 0 amide bonds. The molecule has 7 heteroatoms. The Balaban J connectivity index is 1.88. The van der Waals surface area contributed by atoms with Crippen LogP contribution in [0.2, 0.25) is 0 Å². The Morgan fingerprint density at radius 2 is 2.10 bits per heavy atom. The number of rotatable bonds is 5. The van der Waals surface area contributed by atoms with E-state index in [4.69, 9.17) is 28.9 Å². The molecule has 1 aromatic rings. The van der Waals surface area contributed by atoms with Crippen LogP contribution in [0.3, 0.4) is 0 Å².